The Kier molecular flexibility index (Phi) is 4.97. The molecule has 2 fully saturated rings. The zero-order chi connectivity index (χ0) is 15.4. The molecule has 0 aromatic carbocycles. The van der Waals surface area contributed by atoms with Crippen LogP contribution in [0.5, 0.6) is 0 Å². The second kappa shape index (κ2) is 6.72. The van der Waals surface area contributed by atoms with Crippen LogP contribution in [0, 0.1) is 0 Å². The molecule has 2 heterocycles. The maximum Gasteiger partial charge on any atom is 0.375 e. The minimum absolute atomic E-state index is 0.0587. The number of nitrogens with one attached hydrogen (secondary N) is 1. The lowest BCUT2D eigenvalue weighted by Gasteiger charge is -2.15. The number of ether oxygens (including phenoxy) is 1. The fraction of sp³-hybridized carbons (Fsp3) is 0.636. The normalized spacial score (nSPS) is 24.9. The van der Waals surface area contributed by atoms with Crippen molar-refractivity contribution in [1.82, 2.24) is 10.5 Å². The molecule has 2 saturated heterocycles. The summed E-state index contributed by atoms with van der Waals surface area (Å²) in [5, 5.41) is 2.78. The van der Waals surface area contributed by atoms with Crippen LogP contribution in [0.2, 0.25) is 0 Å². The van der Waals surface area contributed by atoms with Gasteiger partial charge in [-0.05, 0) is 5.23 Å². The smallest absolute Gasteiger partial charge is 0.375 e. The Morgan fingerprint density at radius 2 is 2.19 bits per heavy atom. The van der Waals surface area contributed by atoms with Crippen molar-refractivity contribution in [3.63, 3.8) is 0 Å². The van der Waals surface area contributed by atoms with Crippen LogP contribution in [0.1, 0.15) is 19.3 Å². The molecule has 2 amide bonds. The van der Waals surface area contributed by atoms with Gasteiger partial charge < -0.3 is 14.9 Å². The summed E-state index contributed by atoms with van der Waals surface area (Å²) in [6.07, 6.45) is -0.677. The summed E-state index contributed by atoms with van der Waals surface area (Å²) in [6, 6.07) is -0.945. The van der Waals surface area contributed by atoms with Crippen molar-refractivity contribution in [3.05, 3.63) is 0 Å². The summed E-state index contributed by atoms with van der Waals surface area (Å²) in [5.41, 5.74) is 0. The Bertz CT molecular complexity index is 469. The van der Waals surface area contributed by atoms with Gasteiger partial charge in [-0.25, -0.2) is 9.63 Å². The quantitative estimate of drug-likeness (QED) is 0.513. The van der Waals surface area contributed by atoms with Crippen molar-refractivity contribution >= 4 is 35.4 Å². The molecule has 0 aromatic rings. The zero-order valence-corrected chi connectivity index (χ0v) is 11.6. The lowest BCUT2D eigenvalue weighted by molar-refractivity contribution is -0.306. The van der Waals surface area contributed by atoms with Crippen LogP contribution < -0.4 is 5.32 Å². The predicted molar refractivity (Wildman–Crippen MR) is 65.3 cm³/mol. The SMILES string of the molecule is O=C(CCCl)N[C@H]1CON(OC(=O)C2CCC(=O)O2)C1=O. The van der Waals surface area contributed by atoms with Crippen LogP contribution in [0.3, 0.4) is 0 Å². The number of hydrogen-bond acceptors (Lipinski definition) is 7. The van der Waals surface area contributed by atoms with Crippen molar-refractivity contribution in [3.8, 4) is 0 Å². The van der Waals surface area contributed by atoms with Gasteiger partial charge in [-0.2, -0.15) is 0 Å². The molecule has 2 rings (SSSR count). The molecule has 10 heteroatoms. The average molecular weight is 321 g/mol. The molecular weight excluding hydrogens is 308 g/mol. The van der Waals surface area contributed by atoms with E-state index >= 15 is 0 Å². The van der Waals surface area contributed by atoms with Crippen LogP contribution >= 0.6 is 11.6 Å². The van der Waals surface area contributed by atoms with Crippen molar-refractivity contribution in [2.45, 2.75) is 31.4 Å². The lowest BCUT2D eigenvalue weighted by atomic mass is 10.2. The summed E-state index contributed by atoms with van der Waals surface area (Å²) in [7, 11) is 0. The number of esters is 1. The van der Waals surface area contributed by atoms with Crippen LogP contribution in [-0.4, -0.2) is 53.6 Å². The van der Waals surface area contributed by atoms with E-state index in [9.17, 15) is 19.2 Å². The minimum Gasteiger partial charge on any atom is -0.450 e. The summed E-state index contributed by atoms with van der Waals surface area (Å²) >= 11 is 5.40. The summed E-state index contributed by atoms with van der Waals surface area (Å²) in [4.78, 5) is 55.3. The standard InChI is InChI=1S/C11H13ClN2O7/c12-4-3-8(15)13-6-5-19-14(10(6)17)21-11(18)7-1-2-9(16)20-7/h6-7H,1-5H2,(H,13,15)/t6-,7?/m0/s1. The number of rotatable bonds is 5. The molecule has 2 aliphatic heterocycles. The molecule has 2 atom stereocenters. The van der Waals surface area contributed by atoms with E-state index in [1.807, 2.05) is 0 Å². The van der Waals surface area contributed by atoms with Gasteiger partial charge in [-0.1, -0.05) is 0 Å². The first-order valence-corrected chi connectivity index (χ1v) is 6.78. The number of halogens is 1. The molecule has 0 aliphatic carbocycles. The molecule has 0 aromatic heterocycles. The zero-order valence-electron chi connectivity index (χ0n) is 10.9. The molecule has 116 valence electrons. The van der Waals surface area contributed by atoms with Gasteiger partial charge in [0.05, 0.1) is 0 Å². The summed E-state index contributed by atoms with van der Waals surface area (Å²) in [6.45, 7) is -0.162. The van der Waals surface area contributed by atoms with Gasteiger partial charge in [-0.15, -0.1) is 11.6 Å². The molecular formula is C11H13ClN2O7. The average Bonchev–Trinajstić information content (AvgIpc) is 3.00. The Hall–Kier alpha value is -1.87. The second-order valence-corrected chi connectivity index (χ2v) is 4.76. The number of amides is 2. The van der Waals surface area contributed by atoms with Crippen LogP contribution in [0.4, 0.5) is 0 Å². The Balaban J connectivity index is 1.82. The number of hydroxylamine groups is 2. The predicted octanol–water partition coefficient (Wildman–Crippen LogP) is -0.962. The third kappa shape index (κ3) is 3.82. The highest BCUT2D eigenvalue weighted by molar-refractivity contribution is 6.19. The van der Waals surface area contributed by atoms with E-state index in [0.29, 0.717) is 5.23 Å². The number of nitrogens with zero attached hydrogens (tertiary/aromatic N) is 1. The van der Waals surface area contributed by atoms with Gasteiger partial charge in [0.25, 0.3) is 0 Å². The van der Waals surface area contributed by atoms with E-state index in [1.165, 1.54) is 0 Å². The van der Waals surface area contributed by atoms with E-state index in [4.69, 9.17) is 26.0 Å². The van der Waals surface area contributed by atoms with E-state index < -0.39 is 35.9 Å². The van der Waals surface area contributed by atoms with Gasteiger partial charge >= 0.3 is 17.8 Å². The Morgan fingerprint density at radius 1 is 1.43 bits per heavy atom. The molecule has 0 bridgehead atoms. The molecule has 1 N–H and O–H groups in total. The highest BCUT2D eigenvalue weighted by atomic mass is 35.5. The lowest BCUT2D eigenvalue weighted by Crippen LogP contribution is -2.43. The highest BCUT2D eigenvalue weighted by Crippen LogP contribution is 2.17. The van der Waals surface area contributed by atoms with E-state index in [-0.39, 0.29) is 31.7 Å². The number of carbonyl (C=O) groups excluding carboxylic acids is 4. The van der Waals surface area contributed by atoms with Crippen molar-refractivity contribution in [2.24, 2.45) is 0 Å². The number of hydrogen-bond donors (Lipinski definition) is 1. The molecule has 0 saturated carbocycles. The molecule has 0 radical (unpaired) electrons. The highest BCUT2D eigenvalue weighted by Gasteiger charge is 2.40. The molecule has 2 aliphatic rings. The van der Waals surface area contributed by atoms with Crippen LogP contribution in [0.25, 0.3) is 0 Å². The van der Waals surface area contributed by atoms with Gasteiger partial charge in [0.15, 0.2) is 0 Å². The van der Waals surface area contributed by atoms with E-state index in [2.05, 4.69) is 5.32 Å². The number of alkyl halides is 1. The first-order chi connectivity index (χ1) is 10.0. The molecule has 21 heavy (non-hydrogen) atoms. The fourth-order valence-electron chi connectivity index (χ4n) is 1.76. The minimum atomic E-state index is -1.04. The first-order valence-electron chi connectivity index (χ1n) is 6.24. The Morgan fingerprint density at radius 3 is 2.81 bits per heavy atom. The maximum atomic E-state index is 11.8. The van der Waals surface area contributed by atoms with Gasteiger partial charge in [-0.3, -0.25) is 14.4 Å². The molecule has 9 nitrogen and oxygen atoms in total. The van der Waals surface area contributed by atoms with Gasteiger partial charge in [0.2, 0.25) is 12.0 Å². The monoisotopic (exact) mass is 320 g/mol. The van der Waals surface area contributed by atoms with Gasteiger partial charge in [0, 0.05) is 25.1 Å². The molecule has 0 spiro atoms. The van der Waals surface area contributed by atoms with Crippen LogP contribution in [0.15, 0.2) is 0 Å². The summed E-state index contributed by atoms with van der Waals surface area (Å²) in [5.74, 6) is -2.42. The Labute approximate surface area is 124 Å². The first kappa shape index (κ1) is 15.5. The number of cyclic esters (lactones) is 1. The van der Waals surface area contributed by atoms with Crippen molar-refractivity contribution in [1.29, 1.82) is 0 Å². The van der Waals surface area contributed by atoms with Crippen LogP contribution in [-0.2, 0) is 33.6 Å². The molecule has 1 unspecified atom stereocenters. The third-order valence-corrected chi connectivity index (χ3v) is 3.00. The third-order valence-electron chi connectivity index (χ3n) is 2.81. The van der Waals surface area contributed by atoms with E-state index in [1.54, 1.807) is 0 Å². The largest absolute Gasteiger partial charge is 0.450 e. The van der Waals surface area contributed by atoms with Crippen molar-refractivity contribution < 1.29 is 33.6 Å². The number of carbonyl (C=O) groups is 4. The fourth-order valence-corrected chi connectivity index (χ4v) is 1.94. The maximum absolute atomic E-state index is 11.8. The second-order valence-electron chi connectivity index (χ2n) is 4.38. The summed E-state index contributed by atoms with van der Waals surface area (Å²) < 4.78 is 4.70. The topological polar surface area (TPSA) is 111 Å². The van der Waals surface area contributed by atoms with Gasteiger partial charge in [0.1, 0.15) is 12.6 Å². The van der Waals surface area contributed by atoms with Crippen molar-refractivity contribution in [2.75, 3.05) is 12.5 Å². The van der Waals surface area contributed by atoms with E-state index in [0.717, 1.165) is 0 Å².